The highest BCUT2D eigenvalue weighted by molar-refractivity contribution is 5.56. The Hall–Kier alpha value is -2.87. The predicted octanol–water partition coefficient (Wildman–Crippen LogP) is 3.81. The summed E-state index contributed by atoms with van der Waals surface area (Å²) in [5.74, 6) is 2.60. The fourth-order valence-corrected chi connectivity index (χ4v) is 4.56. The molecule has 0 amide bonds. The Morgan fingerprint density at radius 1 is 1.03 bits per heavy atom. The summed E-state index contributed by atoms with van der Waals surface area (Å²) in [5, 5.41) is 15.1. The first-order valence-electron chi connectivity index (χ1n) is 11.8. The molecular weight excluding hydrogens is 402 g/mol. The van der Waals surface area contributed by atoms with Crippen LogP contribution < -0.4 is 20.7 Å². The molecule has 170 valence electrons. The number of hydrogen-bond donors (Lipinski definition) is 3. The number of nitrogens with zero attached hydrogens (tertiary/aromatic N) is 4. The number of rotatable bonds is 1. The SMILES string of the molecule is CC(C)c1cnn2c3nc(nc12)NCC1(CCCCCOc2ccccc2CN3)CNC1. The predicted molar refractivity (Wildman–Crippen MR) is 126 cm³/mol. The highest BCUT2D eigenvalue weighted by Crippen LogP contribution is 2.31. The van der Waals surface area contributed by atoms with Crippen LogP contribution in [0.25, 0.3) is 5.65 Å². The number of hydrogen-bond acceptors (Lipinski definition) is 7. The van der Waals surface area contributed by atoms with Crippen molar-refractivity contribution in [2.75, 3.05) is 36.9 Å². The number of para-hydroxylation sites is 1. The van der Waals surface area contributed by atoms with E-state index in [-0.39, 0.29) is 5.41 Å². The van der Waals surface area contributed by atoms with Crippen LogP contribution in [0.4, 0.5) is 11.9 Å². The fraction of sp³-hybridized carbons (Fsp3) is 0.542. The number of nitrogens with one attached hydrogen (secondary N) is 3. The van der Waals surface area contributed by atoms with Gasteiger partial charge in [-0.3, -0.25) is 0 Å². The van der Waals surface area contributed by atoms with Gasteiger partial charge in [-0.25, -0.2) is 0 Å². The molecule has 1 saturated heterocycles. The summed E-state index contributed by atoms with van der Waals surface area (Å²) in [5.41, 5.74) is 3.36. The fourth-order valence-electron chi connectivity index (χ4n) is 4.56. The molecule has 32 heavy (non-hydrogen) atoms. The number of ether oxygens (including phenoxy) is 1. The van der Waals surface area contributed by atoms with E-state index in [0.29, 0.717) is 24.4 Å². The highest BCUT2D eigenvalue weighted by atomic mass is 16.5. The third kappa shape index (κ3) is 4.24. The van der Waals surface area contributed by atoms with E-state index >= 15 is 0 Å². The summed E-state index contributed by atoms with van der Waals surface area (Å²) in [6.45, 7) is 8.65. The van der Waals surface area contributed by atoms with E-state index in [0.717, 1.165) is 55.2 Å². The maximum atomic E-state index is 6.14. The third-order valence-electron chi connectivity index (χ3n) is 6.66. The van der Waals surface area contributed by atoms with Gasteiger partial charge < -0.3 is 20.7 Å². The van der Waals surface area contributed by atoms with Gasteiger partial charge in [0.2, 0.25) is 11.9 Å². The lowest BCUT2D eigenvalue weighted by atomic mass is 9.77. The Labute approximate surface area is 189 Å². The second-order valence-electron chi connectivity index (χ2n) is 9.44. The number of fused-ring (bicyclic) bond motifs is 5. The van der Waals surface area contributed by atoms with Crippen LogP contribution in [0.1, 0.15) is 56.6 Å². The van der Waals surface area contributed by atoms with Crippen molar-refractivity contribution in [1.82, 2.24) is 24.9 Å². The van der Waals surface area contributed by atoms with Crippen molar-refractivity contribution in [3.8, 4) is 5.75 Å². The maximum absolute atomic E-state index is 6.14. The van der Waals surface area contributed by atoms with Crippen LogP contribution in [0, 0.1) is 5.41 Å². The Morgan fingerprint density at radius 3 is 2.72 bits per heavy atom. The monoisotopic (exact) mass is 435 g/mol. The van der Waals surface area contributed by atoms with Gasteiger partial charge in [-0.2, -0.15) is 19.6 Å². The zero-order valence-electron chi connectivity index (χ0n) is 19.0. The van der Waals surface area contributed by atoms with Gasteiger partial charge in [0.25, 0.3) is 0 Å². The molecule has 0 radical (unpaired) electrons. The minimum absolute atomic E-state index is 0.273. The molecular formula is C24H33N7O. The molecule has 5 rings (SSSR count). The minimum Gasteiger partial charge on any atom is -0.493 e. The topological polar surface area (TPSA) is 88.4 Å². The Kier molecular flexibility index (Phi) is 5.87. The molecule has 0 aliphatic carbocycles. The first-order valence-corrected chi connectivity index (χ1v) is 11.8. The summed E-state index contributed by atoms with van der Waals surface area (Å²) in [4.78, 5) is 9.66. The molecule has 3 N–H and O–H groups in total. The standard InChI is InChI=1S/C24H33N7O/c1-17(2)19-13-28-31-21(19)29-22-27-16-24(14-25-15-24)10-6-3-7-11-32-20-9-5-4-8-18(20)12-26-23(31)30-22/h4-5,8-9,13,17,25H,3,6-7,10-12,14-16H2,1-2H3,(H2,26,27,29,30). The van der Waals surface area contributed by atoms with Crippen molar-refractivity contribution in [3.05, 3.63) is 41.6 Å². The molecule has 0 atom stereocenters. The van der Waals surface area contributed by atoms with Crippen molar-refractivity contribution in [2.24, 2.45) is 5.41 Å². The average molecular weight is 436 g/mol. The molecule has 0 saturated carbocycles. The quantitative estimate of drug-likeness (QED) is 0.536. The second kappa shape index (κ2) is 8.94. The van der Waals surface area contributed by atoms with E-state index in [1.165, 1.54) is 19.3 Å². The van der Waals surface area contributed by atoms with E-state index in [1.54, 1.807) is 0 Å². The number of anilines is 2. The van der Waals surface area contributed by atoms with Gasteiger partial charge in [0.05, 0.1) is 12.8 Å². The summed E-state index contributed by atoms with van der Waals surface area (Å²) < 4.78 is 7.95. The van der Waals surface area contributed by atoms with E-state index in [2.05, 4.69) is 41.0 Å². The zero-order valence-corrected chi connectivity index (χ0v) is 19.0. The van der Waals surface area contributed by atoms with Gasteiger partial charge in [0.15, 0.2) is 5.65 Å². The summed E-state index contributed by atoms with van der Waals surface area (Å²) in [6.07, 6.45) is 6.57. The van der Waals surface area contributed by atoms with Gasteiger partial charge in [0, 0.05) is 42.7 Å². The lowest BCUT2D eigenvalue weighted by Gasteiger charge is -2.43. The van der Waals surface area contributed by atoms with Crippen molar-refractivity contribution in [1.29, 1.82) is 0 Å². The van der Waals surface area contributed by atoms with Crippen LogP contribution in [-0.2, 0) is 6.54 Å². The minimum atomic E-state index is 0.273. The first kappa shape index (κ1) is 21.0. The smallest absolute Gasteiger partial charge is 0.229 e. The second-order valence-corrected chi connectivity index (χ2v) is 9.44. The lowest BCUT2D eigenvalue weighted by Crippen LogP contribution is -2.57. The van der Waals surface area contributed by atoms with Crippen LogP contribution >= 0.6 is 0 Å². The van der Waals surface area contributed by atoms with Gasteiger partial charge in [-0.15, -0.1) is 0 Å². The molecule has 3 aromatic rings. The number of benzene rings is 1. The Morgan fingerprint density at radius 2 is 1.91 bits per heavy atom. The number of aromatic nitrogens is 4. The molecule has 8 heteroatoms. The lowest BCUT2D eigenvalue weighted by molar-refractivity contribution is 0.162. The third-order valence-corrected chi connectivity index (χ3v) is 6.66. The molecule has 2 aromatic heterocycles. The van der Waals surface area contributed by atoms with Crippen molar-refractivity contribution in [2.45, 2.75) is 52.0 Å². The van der Waals surface area contributed by atoms with Crippen molar-refractivity contribution in [3.63, 3.8) is 0 Å². The normalized spacial score (nSPS) is 19.0. The van der Waals surface area contributed by atoms with Crippen LogP contribution in [0.2, 0.25) is 0 Å². The molecule has 0 unspecified atom stereocenters. The van der Waals surface area contributed by atoms with Gasteiger partial charge in [-0.1, -0.05) is 44.9 Å². The van der Waals surface area contributed by atoms with Crippen LogP contribution in [0.3, 0.4) is 0 Å². The van der Waals surface area contributed by atoms with Gasteiger partial charge >= 0.3 is 0 Å². The molecule has 2 aliphatic heterocycles. The van der Waals surface area contributed by atoms with Crippen molar-refractivity contribution < 1.29 is 4.74 Å². The maximum Gasteiger partial charge on any atom is 0.229 e. The van der Waals surface area contributed by atoms with Crippen LogP contribution in [0.15, 0.2) is 30.5 Å². The molecule has 2 aliphatic rings. The summed E-state index contributed by atoms with van der Waals surface area (Å²) >= 11 is 0. The molecule has 4 heterocycles. The highest BCUT2D eigenvalue weighted by Gasteiger charge is 2.36. The van der Waals surface area contributed by atoms with Crippen LogP contribution in [-0.4, -0.2) is 45.8 Å². The van der Waals surface area contributed by atoms with Gasteiger partial charge in [0.1, 0.15) is 5.75 Å². The molecule has 1 fully saturated rings. The summed E-state index contributed by atoms with van der Waals surface area (Å²) in [7, 11) is 0. The molecule has 8 nitrogen and oxygen atoms in total. The molecule has 1 spiro atoms. The Balaban J connectivity index is 1.50. The van der Waals surface area contributed by atoms with E-state index in [4.69, 9.17) is 14.7 Å². The molecule has 1 aromatic carbocycles. The zero-order chi connectivity index (χ0) is 22.0. The van der Waals surface area contributed by atoms with E-state index in [9.17, 15) is 0 Å². The van der Waals surface area contributed by atoms with E-state index in [1.807, 2.05) is 28.9 Å². The van der Waals surface area contributed by atoms with Gasteiger partial charge in [-0.05, 0) is 24.8 Å². The first-order chi connectivity index (χ1) is 15.6. The summed E-state index contributed by atoms with van der Waals surface area (Å²) in [6, 6.07) is 8.21. The average Bonchev–Trinajstić information content (AvgIpc) is 3.20. The Bertz CT molecular complexity index is 1070. The largest absolute Gasteiger partial charge is 0.493 e. The van der Waals surface area contributed by atoms with Crippen LogP contribution in [0.5, 0.6) is 5.75 Å². The van der Waals surface area contributed by atoms with E-state index < -0.39 is 0 Å². The van der Waals surface area contributed by atoms with Crippen molar-refractivity contribution >= 4 is 17.5 Å². The molecule has 2 bridgehead atoms.